The summed E-state index contributed by atoms with van der Waals surface area (Å²) in [6.45, 7) is 3.50. The van der Waals surface area contributed by atoms with Crippen LogP contribution >= 0.6 is 0 Å². The summed E-state index contributed by atoms with van der Waals surface area (Å²) in [6, 6.07) is 25.3. The molecule has 1 heterocycles. The van der Waals surface area contributed by atoms with E-state index in [9.17, 15) is 4.79 Å². The zero-order chi connectivity index (χ0) is 19.3. The predicted molar refractivity (Wildman–Crippen MR) is 115 cm³/mol. The van der Waals surface area contributed by atoms with E-state index in [1.54, 1.807) is 0 Å². The number of amides is 1. The van der Waals surface area contributed by atoms with E-state index < -0.39 is 0 Å². The summed E-state index contributed by atoms with van der Waals surface area (Å²) in [4.78, 5) is 17.4. The van der Waals surface area contributed by atoms with Gasteiger partial charge in [-0.1, -0.05) is 72.8 Å². The van der Waals surface area contributed by atoms with Gasteiger partial charge in [0.25, 0.3) is 0 Å². The maximum atomic E-state index is 13.0. The second kappa shape index (κ2) is 8.57. The molecule has 28 heavy (non-hydrogen) atoms. The Morgan fingerprint density at radius 3 is 2.61 bits per heavy atom. The lowest BCUT2D eigenvalue weighted by Gasteiger charge is -2.34. The third-order valence-electron chi connectivity index (χ3n) is 5.77. The third-order valence-corrected chi connectivity index (χ3v) is 5.77. The van der Waals surface area contributed by atoms with Crippen LogP contribution in [0.25, 0.3) is 10.8 Å². The first-order valence-electron chi connectivity index (χ1n) is 10.2. The number of fused-ring (bicyclic) bond motifs is 1. The monoisotopic (exact) mass is 372 g/mol. The van der Waals surface area contributed by atoms with Gasteiger partial charge in [0.1, 0.15) is 0 Å². The van der Waals surface area contributed by atoms with Crippen LogP contribution in [0.15, 0.2) is 72.8 Å². The Morgan fingerprint density at radius 2 is 1.75 bits per heavy atom. The summed E-state index contributed by atoms with van der Waals surface area (Å²) in [6.07, 6.45) is 2.07. The third kappa shape index (κ3) is 4.26. The first-order valence-corrected chi connectivity index (χ1v) is 10.2. The highest BCUT2D eigenvalue weighted by Gasteiger charge is 2.28. The van der Waals surface area contributed by atoms with Gasteiger partial charge < -0.3 is 4.90 Å². The van der Waals surface area contributed by atoms with Crippen molar-refractivity contribution in [2.75, 3.05) is 20.1 Å². The van der Waals surface area contributed by atoms with Gasteiger partial charge in [-0.25, -0.2) is 0 Å². The highest BCUT2D eigenvalue weighted by molar-refractivity contribution is 5.85. The number of nitrogens with zero attached hydrogens (tertiary/aromatic N) is 2. The number of hydrogen-bond donors (Lipinski definition) is 0. The van der Waals surface area contributed by atoms with Crippen LogP contribution in [0.2, 0.25) is 0 Å². The van der Waals surface area contributed by atoms with E-state index in [2.05, 4.69) is 59.5 Å². The number of carbonyl (C=O) groups excluding carboxylic acids is 1. The first kappa shape index (κ1) is 18.7. The number of benzene rings is 3. The quantitative estimate of drug-likeness (QED) is 0.647. The van der Waals surface area contributed by atoms with Crippen LogP contribution < -0.4 is 0 Å². The molecule has 0 aromatic heterocycles. The number of piperidine rings is 1. The minimum atomic E-state index is 0.0949. The normalized spacial score (nSPS) is 17.5. The number of hydrogen-bond acceptors (Lipinski definition) is 2. The lowest BCUT2D eigenvalue weighted by molar-refractivity contribution is -0.136. The van der Waals surface area contributed by atoms with Gasteiger partial charge in [-0.05, 0) is 41.3 Å². The summed E-state index contributed by atoms with van der Waals surface area (Å²) in [5, 5.41) is 2.60. The van der Waals surface area contributed by atoms with Crippen molar-refractivity contribution in [3.8, 4) is 0 Å². The first-order chi connectivity index (χ1) is 13.7. The fourth-order valence-electron chi connectivity index (χ4n) is 4.32. The SMILES string of the molecule is CN(Cc1ccccc1)C(=O)[C@@H]1CCCN(Cc2cccc3ccccc23)C1. The highest BCUT2D eigenvalue weighted by atomic mass is 16.2. The number of rotatable bonds is 5. The Morgan fingerprint density at radius 1 is 1.00 bits per heavy atom. The van der Waals surface area contributed by atoms with E-state index in [4.69, 9.17) is 0 Å². The van der Waals surface area contributed by atoms with Crippen molar-refractivity contribution in [1.82, 2.24) is 9.80 Å². The molecular formula is C25H28N2O. The average molecular weight is 373 g/mol. The predicted octanol–water partition coefficient (Wildman–Crippen LogP) is 4.71. The second-order valence-corrected chi connectivity index (χ2v) is 7.89. The van der Waals surface area contributed by atoms with Crippen LogP contribution in [-0.2, 0) is 17.9 Å². The van der Waals surface area contributed by atoms with Crippen molar-refractivity contribution < 1.29 is 4.79 Å². The molecule has 0 unspecified atom stereocenters. The molecule has 3 aromatic carbocycles. The van der Waals surface area contributed by atoms with Crippen molar-refractivity contribution in [3.05, 3.63) is 83.9 Å². The van der Waals surface area contributed by atoms with E-state index in [0.717, 1.165) is 32.5 Å². The van der Waals surface area contributed by atoms with Gasteiger partial charge >= 0.3 is 0 Å². The number of carbonyl (C=O) groups is 1. The van der Waals surface area contributed by atoms with E-state index in [0.29, 0.717) is 6.54 Å². The van der Waals surface area contributed by atoms with Crippen molar-refractivity contribution in [1.29, 1.82) is 0 Å². The van der Waals surface area contributed by atoms with E-state index >= 15 is 0 Å². The molecule has 1 amide bonds. The molecule has 0 spiro atoms. The summed E-state index contributed by atoms with van der Waals surface area (Å²) < 4.78 is 0. The molecule has 1 atom stereocenters. The molecular weight excluding hydrogens is 344 g/mol. The Bertz CT molecular complexity index is 932. The van der Waals surface area contributed by atoms with Gasteiger partial charge in [0.05, 0.1) is 5.92 Å². The van der Waals surface area contributed by atoms with Crippen LogP contribution in [-0.4, -0.2) is 35.8 Å². The zero-order valence-corrected chi connectivity index (χ0v) is 16.6. The summed E-state index contributed by atoms with van der Waals surface area (Å²) in [7, 11) is 1.93. The van der Waals surface area contributed by atoms with Crippen LogP contribution in [0.5, 0.6) is 0 Å². The molecule has 144 valence electrons. The molecule has 0 bridgehead atoms. The Balaban J connectivity index is 1.42. The smallest absolute Gasteiger partial charge is 0.227 e. The summed E-state index contributed by atoms with van der Waals surface area (Å²) in [5.41, 5.74) is 2.53. The van der Waals surface area contributed by atoms with Gasteiger partial charge in [-0.3, -0.25) is 9.69 Å². The maximum Gasteiger partial charge on any atom is 0.227 e. The lowest BCUT2D eigenvalue weighted by atomic mass is 9.95. The highest BCUT2D eigenvalue weighted by Crippen LogP contribution is 2.24. The van der Waals surface area contributed by atoms with Crippen LogP contribution in [0.3, 0.4) is 0 Å². The van der Waals surface area contributed by atoms with Crippen molar-refractivity contribution >= 4 is 16.7 Å². The van der Waals surface area contributed by atoms with E-state index in [1.807, 2.05) is 30.1 Å². The van der Waals surface area contributed by atoms with Crippen LogP contribution in [0, 0.1) is 5.92 Å². The molecule has 3 nitrogen and oxygen atoms in total. The minimum absolute atomic E-state index is 0.0949. The van der Waals surface area contributed by atoms with E-state index in [1.165, 1.54) is 21.9 Å². The number of likely N-dealkylation sites (tertiary alicyclic amines) is 1. The fraction of sp³-hybridized carbons (Fsp3) is 0.320. The topological polar surface area (TPSA) is 23.6 Å². The minimum Gasteiger partial charge on any atom is -0.341 e. The standard InChI is InChI=1S/C25H28N2O/c1-26(17-20-9-3-2-4-10-20)25(28)23-14-8-16-27(19-23)18-22-13-7-12-21-11-5-6-15-24(21)22/h2-7,9-13,15,23H,8,14,16-19H2,1H3/t23-/m1/s1. The van der Waals surface area contributed by atoms with Gasteiger partial charge in [-0.2, -0.15) is 0 Å². The van der Waals surface area contributed by atoms with Gasteiger partial charge in [0, 0.05) is 26.7 Å². The molecule has 0 radical (unpaired) electrons. The molecule has 1 saturated heterocycles. The van der Waals surface area contributed by atoms with Crippen LogP contribution in [0.4, 0.5) is 0 Å². The van der Waals surface area contributed by atoms with Crippen molar-refractivity contribution in [2.24, 2.45) is 5.92 Å². The van der Waals surface area contributed by atoms with Crippen molar-refractivity contribution in [2.45, 2.75) is 25.9 Å². The zero-order valence-electron chi connectivity index (χ0n) is 16.6. The molecule has 3 heteroatoms. The molecule has 4 rings (SSSR count). The van der Waals surface area contributed by atoms with Gasteiger partial charge in [0.2, 0.25) is 5.91 Å². The Labute approximate surface area is 167 Å². The molecule has 3 aromatic rings. The van der Waals surface area contributed by atoms with E-state index in [-0.39, 0.29) is 11.8 Å². The Kier molecular flexibility index (Phi) is 5.73. The molecule has 0 N–H and O–H groups in total. The molecule has 1 fully saturated rings. The molecule has 1 aliphatic heterocycles. The Hall–Kier alpha value is -2.65. The maximum absolute atomic E-state index is 13.0. The summed E-state index contributed by atoms with van der Waals surface area (Å²) >= 11 is 0. The fourth-order valence-corrected chi connectivity index (χ4v) is 4.32. The molecule has 0 aliphatic carbocycles. The average Bonchev–Trinajstić information content (AvgIpc) is 2.74. The lowest BCUT2D eigenvalue weighted by Crippen LogP contribution is -2.43. The second-order valence-electron chi connectivity index (χ2n) is 7.89. The molecule has 1 aliphatic rings. The largest absolute Gasteiger partial charge is 0.341 e. The van der Waals surface area contributed by atoms with Crippen molar-refractivity contribution in [3.63, 3.8) is 0 Å². The van der Waals surface area contributed by atoms with Crippen LogP contribution in [0.1, 0.15) is 24.0 Å². The summed E-state index contributed by atoms with van der Waals surface area (Å²) in [5.74, 6) is 0.365. The molecule has 0 saturated carbocycles. The van der Waals surface area contributed by atoms with Gasteiger partial charge in [0.15, 0.2) is 0 Å². The van der Waals surface area contributed by atoms with Gasteiger partial charge in [-0.15, -0.1) is 0 Å².